The Labute approximate surface area is 127 Å². The van der Waals surface area contributed by atoms with Crippen LogP contribution in [0.5, 0.6) is 0 Å². The fourth-order valence-electron chi connectivity index (χ4n) is 2.45. The predicted octanol–water partition coefficient (Wildman–Crippen LogP) is 3.32. The number of carbonyl (C=O) groups excluding carboxylic acids is 1. The van der Waals surface area contributed by atoms with Gasteiger partial charge in [0.05, 0.1) is 12.7 Å². The average molecular weight is 290 g/mol. The first-order chi connectivity index (χ1) is 9.82. The lowest BCUT2D eigenvalue weighted by Crippen LogP contribution is -2.30. The minimum atomic E-state index is -0.849. The van der Waals surface area contributed by atoms with Crippen molar-refractivity contribution in [1.29, 1.82) is 5.26 Å². The number of rotatable bonds is 6. The van der Waals surface area contributed by atoms with Crippen LogP contribution in [0.1, 0.15) is 47.5 Å². The van der Waals surface area contributed by atoms with Gasteiger partial charge in [-0.2, -0.15) is 5.26 Å². The van der Waals surface area contributed by atoms with Crippen LogP contribution in [0.25, 0.3) is 0 Å². The summed E-state index contributed by atoms with van der Waals surface area (Å²) in [7, 11) is 0. The highest BCUT2D eigenvalue weighted by Gasteiger charge is 2.30. The van der Waals surface area contributed by atoms with Crippen molar-refractivity contribution in [3.05, 3.63) is 23.4 Å². The van der Waals surface area contributed by atoms with E-state index in [1.807, 2.05) is 12.2 Å². The molecule has 1 aliphatic carbocycles. The normalized spacial score (nSPS) is 19.6. The number of nitriles is 1. The predicted molar refractivity (Wildman–Crippen MR) is 83.2 cm³/mol. The van der Waals surface area contributed by atoms with Gasteiger partial charge in [0.15, 0.2) is 5.92 Å². The fourth-order valence-corrected chi connectivity index (χ4v) is 2.45. The number of nitrogens with one attached hydrogen (secondary N) is 1. The molecule has 21 heavy (non-hydrogen) atoms. The molecule has 0 aromatic heterocycles. The van der Waals surface area contributed by atoms with E-state index in [2.05, 4.69) is 39.1 Å². The van der Waals surface area contributed by atoms with Crippen LogP contribution in [0.15, 0.2) is 23.4 Å². The molecule has 0 saturated heterocycles. The molecule has 1 aliphatic rings. The van der Waals surface area contributed by atoms with Gasteiger partial charge in [0.2, 0.25) is 0 Å². The Balaban J connectivity index is 3.04. The summed E-state index contributed by atoms with van der Waals surface area (Å²) >= 11 is 0. The van der Waals surface area contributed by atoms with Crippen molar-refractivity contribution in [1.82, 2.24) is 5.32 Å². The fraction of sp³-hybridized carbons (Fsp3) is 0.647. The van der Waals surface area contributed by atoms with Gasteiger partial charge in [-0.25, -0.2) is 0 Å². The van der Waals surface area contributed by atoms with E-state index in [1.54, 1.807) is 6.92 Å². The molecule has 0 amide bonds. The van der Waals surface area contributed by atoms with Gasteiger partial charge < -0.3 is 10.1 Å². The van der Waals surface area contributed by atoms with Crippen LogP contribution in [-0.4, -0.2) is 18.6 Å². The van der Waals surface area contributed by atoms with Crippen LogP contribution in [0.3, 0.4) is 0 Å². The van der Waals surface area contributed by atoms with E-state index in [4.69, 9.17) is 4.74 Å². The molecule has 1 N–H and O–H groups in total. The van der Waals surface area contributed by atoms with Gasteiger partial charge in [0, 0.05) is 11.7 Å². The van der Waals surface area contributed by atoms with Gasteiger partial charge in [-0.3, -0.25) is 4.79 Å². The molecule has 0 aliphatic heterocycles. The standard InChI is InChI=1S/C17H26N2O2/c1-6-12(3)19-14-8-13(9-17(4,5)10-14)15(11-18)16(20)21-7-2/h8-9,12,15,19H,6-7,10H2,1-5H3. The first-order valence-corrected chi connectivity index (χ1v) is 7.59. The molecule has 0 spiro atoms. The van der Waals surface area contributed by atoms with E-state index in [1.165, 1.54) is 0 Å². The van der Waals surface area contributed by atoms with E-state index in [-0.39, 0.29) is 12.0 Å². The maximum absolute atomic E-state index is 11.9. The quantitative estimate of drug-likeness (QED) is 0.762. The van der Waals surface area contributed by atoms with E-state index < -0.39 is 11.9 Å². The van der Waals surface area contributed by atoms with E-state index >= 15 is 0 Å². The third-order valence-corrected chi connectivity index (χ3v) is 3.57. The lowest BCUT2D eigenvalue weighted by molar-refractivity contribution is -0.144. The minimum Gasteiger partial charge on any atom is -0.465 e. The largest absolute Gasteiger partial charge is 0.465 e. The Morgan fingerprint density at radius 1 is 1.52 bits per heavy atom. The van der Waals surface area contributed by atoms with Crippen LogP contribution in [0, 0.1) is 22.7 Å². The van der Waals surface area contributed by atoms with Crippen LogP contribution >= 0.6 is 0 Å². The van der Waals surface area contributed by atoms with Crippen molar-refractivity contribution in [2.75, 3.05) is 6.61 Å². The summed E-state index contributed by atoms with van der Waals surface area (Å²) in [4.78, 5) is 11.9. The van der Waals surface area contributed by atoms with Crippen LogP contribution < -0.4 is 5.32 Å². The van der Waals surface area contributed by atoms with E-state index in [0.717, 1.165) is 24.1 Å². The zero-order chi connectivity index (χ0) is 16.0. The monoisotopic (exact) mass is 290 g/mol. The number of esters is 1. The molecule has 1 rings (SSSR count). The summed E-state index contributed by atoms with van der Waals surface area (Å²) in [6.45, 7) is 10.5. The van der Waals surface area contributed by atoms with Crippen molar-refractivity contribution in [2.24, 2.45) is 11.3 Å². The van der Waals surface area contributed by atoms with Crippen molar-refractivity contribution < 1.29 is 9.53 Å². The minimum absolute atomic E-state index is 0.0819. The number of nitrogens with zero attached hydrogens (tertiary/aromatic N) is 1. The summed E-state index contributed by atoms with van der Waals surface area (Å²) in [6, 6.07) is 2.44. The van der Waals surface area contributed by atoms with E-state index in [0.29, 0.717) is 6.04 Å². The Morgan fingerprint density at radius 3 is 2.71 bits per heavy atom. The molecule has 0 saturated carbocycles. The van der Waals surface area contributed by atoms with E-state index in [9.17, 15) is 10.1 Å². The van der Waals surface area contributed by atoms with Crippen molar-refractivity contribution in [3.63, 3.8) is 0 Å². The number of hydrogen-bond donors (Lipinski definition) is 1. The summed E-state index contributed by atoms with van der Waals surface area (Å²) in [6.07, 6.45) is 5.85. The smallest absolute Gasteiger partial charge is 0.327 e. The second kappa shape index (κ2) is 7.31. The third-order valence-electron chi connectivity index (χ3n) is 3.57. The summed E-state index contributed by atoms with van der Waals surface area (Å²) < 4.78 is 5.00. The van der Waals surface area contributed by atoms with Crippen LogP contribution in [0.4, 0.5) is 0 Å². The molecular formula is C17H26N2O2. The highest BCUT2D eigenvalue weighted by Crippen LogP contribution is 2.35. The zero-order valence-electron chi connectivity index (χ0n) is 13.7. The van der Waals surface area contributed by atoms with Gasteiger partial charge in [-0.15, -0.1) is 0 Å². The second-order valence-corrected chi connectivity index (χ2v) is 6.25. The van der Waals surface area contributed by atoms with Gasteiger partial charge in [-0.1, -0.05) is 26.8 Å². The second-order valence-electron chi connectivity index (χ2n) is 6.25. The topological polar surface area (TPSA) is 62.1 Å². The molecule has 4 heteroatoms. The maximum Gasteiger partial charge on any atom is 0.327 e. The molecule has 0 aromatic rings. The molecule has 2 atom stereocenters. The molecule has 0 bridgehead atoms. The lowest BCUT2D eigenvalue weighted by atomic mass is 9.78. The molecule has 0 fully saturated rings. The van der Waals surface area contributed by atoms with Crippen molar-refractivity contribution in [3.8, 4) is 6.07 Å². The molecular weight excluding hydrogens is 264 g/mol. The van der Waals surface area contributed by atoms with Gasteiger partial charge in [-0.05, 0) is 43.8 Å². The van der Waals surface area contributed by atoms with Crippen molar-refractivity contribution >= 4 is 5.97 Å². The third kappa shape index (κ3) is 4.93. The SMILES string of the molecule is CCOC(=O)C(C#N)C1=CC(C)(C)CC(NC(C)CC)=C1. The highest BCUT2D eigenvalue weighted by molar-refractivity contribution is 5.80. The summed E-state index contributed by atoms with van der Waals surface area (Å²) in [5, 5.41) is 12.8. The first kappa shape index (κ1) is 17.3. The molecule has 2 unspecified atom stereocenters. The molecule has 116 valence electrons. The highest BCUT2D eigenvalue weighted by atomic mass is 16.5. The number of carbonyl (C=O) groups is 1. The number of allylic oxidation sites excluding steroid dienone is 3. The molecule has 0 heterocycles. The van der Waals surface area contributed by atoms with Gasteiger partial charge in [0.25, 0.3) is 0 Å². The molecule has 0 aromatic carbocycles. The average Bonchev–Trinajstić information content (AvgIpc) is 2.37. The Morgan fingerprint density at radius 2 is 2.19 bits per heavy atom. The Kier molecular flexibility index (Phi) is 6.02. The zero-order valence-corrected chi connectivity index (χ0v) is 13.7. The summed E-state index contributed by atoms with van der Waals surface area (Å²) in [5.74, 6) is -1.32. The molecule has 0 radical (unpaired) electrons. The van der Waals surface area contributed by atoms with Crippen LogP contribution in [0.2, 0.25) is 0 Å². The molecule has 4 nitrogen and oxygen atoms in total. The number of ether oxygens (including phenoxy) is 1. The Bertz CT molecular complexity index is 484. The van der Waals surface area contributed by atoms with Crippen molar-refractivity contribution in [2.45, 2.75) is 53.5 Å². The lowest BCUT2D eigenvalue weighted by Gasteiger charge is -2.31. The van der Waals surface area contributed by atoms with Crippen LogP contribution in [-0.2, 0) is 9.53 Å². The van der Waals surface area contributed by atoms with Gasteiger partial charge in [0.1, 0.15) is 0 Å². The van der Waals surface area contributed by atoms with Gasteiger partial charge >= 0.3 is 5.97 Å². The Hall–Kier alpha value is -1.76. The summed E-state index contributed by atoms with van der Waals surface area (Å²) in [5.41, 5.74) is 1.73. The number of hydrogen-bond acceptors (Lipinski definition) is 4. The first-order valence-electron chi connectivity index (χ1n) is 7.59. The maximum atomic E-state index is 11.9.